The van der Waals surface area contributed by atoms with Gasteiger partial charge in [0.2, 0.25) is 0 Å². The number of halogens is 3. The third kappa shape index (κ3) is 3.84. The number of hydrogen-bond donors (Lipinski definition) is 1. The van der Waals surface area contributed by atoms with E-state index in [4.69, 9.17) is 0 Å². The van der Waals surface area contributed by atoms with Crippen molar-refractivity contribution in [3.63, 3.8) is 0 Å². The molecule has 1 saturated heterocycles. The molecule has 0 spiro atoms. The Hall–Kier alpha value is -2.55. The number of nitrogens with zero attached hydrogens (tertiary/aromatic N) is 1. The number of thiophene rings is 1. The first kappa shape index (κ1) is 18.8. The summed E-state index contributed by atoms with van der Waals surface area (Å²) in [5, 5.41) is 4.88. The lowest BCUT2D eigenvalue weighted by atomic mass is 10.0. The largest absolute Gasteiger partial charge is 0.573 e. The highest BCUT2D eigenvalue weighted by Crippen LogP contribution is 2.39. The molecule has 2 amide bonds. The first-order chi connectivity index (χ1) is 13.3. The van der Waals surface area contributed by atoms with Crippen LogP contribution in [0.2, 0.25) is 0 Å². The molecule has 2 bridgehead atoms. The minimum absolute atomic E-state index is 0.00328. The zero-order valence-electron chi connectivity index (χ0n) is 14.6. The first-order valence-corrected chi connectivity index (χ1v) is 9.69. The Labute approximate surface area is 163 Å². The van der Waals surface area contributed by atoms with Gasteiger partial charge in [0, 0.05) is 24.2 Å². The van der Waals surface area contributed by atoms with Gasteiger partial charge < -0.3 is 15.0 Å². The van der Waals surface area contributed by atoms with Crippen molar-refractivity contribution in [3.8, 4) is 5.75 Å². The third-order valence-electron chi connectivity index (χ3n) is 5.18. The van der Waals surface area contributed by atoms with Crippen molar-refractivity contribution in [2.75, 3.05) is 6.54 Å². The van der Waals surface area contributed by atoms with Crippen LogP contribution in [0.4, 0.5) is 13.2 Å². The van der Waals surface area contributed by atoms with Gasteiger partial charge in [0.15, 0.2) is 0 Å². The number of carbonyl (C=O) groups excluding carboxylic acids is 2. The van der Waals surface area contributed by atoms with Crippen molar-refractivity contribution in [3.05, 3.63) is 52.2 Å². The van der Waals surface area contributed by atoms with Crippen LogP contribution in [0.5, 0.6) is 5.75 Å². The van der Waals surface area contributed by atoms with E-state index in [0.29, 0.717) is 17.8 Å². The van der Waals surface area contributed by atoms with Gasteiger partial charge in [-0.2, -0.15) is 0 Å². The molecule has 2 aliphatic rings. The van der Waals surface area contributed by atoms with Gasteiger partial charge in [0.1, 0.15) is 5.75 Å². The molecule has 1 N–H and O–H groups in total. The fraction of sp³-hybridized carbons (Fsp3) is 0.368. The Morgan fingerprint density at radius 1 is 1.18 bits per heavy atom. The van der Waals surface area contributed by atoms with Gasteiger partial charge in [-0.1, -0.05) is 12.1 Å². The van der Waals surface area contributed by atoms with Crippen LogP contribution in [-0.4, -0.2) is 41.7 Å². The summed E-state index contributed by atoms with van der Waals surface area (Å²) < 4.78 is 41.1. The van der Waals surface area contributed by atoms with Crippen molar-refractivity contribution in [2.24, 2.45) is 5.92 Å². The lowest BCUT2D eigenvalue weighted by molar-refractivity contribution is -0.274. The Bertz CT molecular complexity index is 885. The summed E-state index contributed by atoms with van der Waals surface area (Å²) in [6.45, 7) is 0.475. The van der Waals surface area contributed by atoms with Gasteiger partial charge in [-0.3, -0.25) is 9.59 Å². The molecular weight excluding hydrogens is 393 g/mol. The van der Waals surface area contributed by atoms with Gasteiger partial charge in [-0.05, 0) is 48.4 Å². The molecule has 2 aromatic rings. The second kappa shape index (κ2) is 7.12. The van der Waals surface area contributed by atoms with E-state index in [0.717, 1.165) is 18.6 Å². The first-order valence-electron chi connectivity index (χ1n) is 8.81. The maximum Gasteiger partial charge on any atom is 0.573 e. The van der Waals surface area contributed by atoms with Crippen molar-refractivity contribution in [2.45, 2.75) is 31.3 Å². The third-order valence-corrected chi connectivity index (χ3v) is 6.05. The van der Waals surface area contributed by atoms with Gasteiger partial charge >= 0.3 is 6.36 Å². The molecule has 1 aromatic heterocycles. The number of rotatable bonds is 4. The van der Waals surface area contributed by atoms with E-state index in [1.54, 1.807) is 11.0 Å². The highest BCUT2D eigenvalue weighted by atomic mass is 32.1. The summed E-state index contributed by atoms with van der Waals surface area (Å²) in [6.07, 6.45) is -3.38. The van der Waals surface area contributed by atoms with E-state index in [2.05, 4.69) is 10.1 Å². The van der Waals surface area contributed by atoms with Gasteiger partial charge in [0.05, 0.1) is 4.88 Å². The number of carbonyl (C=O) groups is 2. The zero-order chi connectivity index (χ0) is 19.9. The van der Waals surface area contributed by atoms with Crippen LogP contribution in [-0.2, 0) is 0 Å². The summed E-state index contributed by atoms with van der Waals surface area (Å²) >= 11 is 1.37. The standard InChI is InChI=1S/C19H17F3N2O3S/c20-19(21,22)27-14-4-1-3-11(8-14)18(26)24-10-12-7-13(24)9-15(12)23-17(25)16-5-2-6-28-16/h1-6,8,12-13,15H,7,9-10H2,(H,23,25). The lowest BCUT2D eigenvalue weighted by Crippen LogP contribution is -2.47. The SMILES string of the molecule is O=C(NC1CC2CC1CN2C(=O)c1cccc(OC(F)(F)F)c1)c1cccs1. The Kier molecular flexibility index (Phi) is 4.78. The molecule has 0 radical (unpaired) electrons. The van der Waals surface area contributed by atoms with Gasteiger partial charge in [-0.25, -0.2) is 0 Å². The average Bonchev–Trinajstić information content (AvgIpc) is 3.36. The van der Waals surface area contributed by atoms with E-state index in [9.17, 15) is 22.8 Å². The fourth-order valence-electron chi connectivity index (χ4n) is 4.02. The number of alkyl halides is 3. The fourth-order valence-corrected chi connectivity index (χ4v) is 4.65. The average molecular weight is 410 g/mol. The second-order valence-electron chi connectivity index (χ2n) is 6.98. The summed E-state index contributed by atoms with van der Waals surface area (Å²) in [5.41, 5.74) is 0.161. The van der Waals surface area contributed by atoms with Crippen LogP contribution < -0.4 is 10.1 Å². The second-order valence-corrected chi connectivity index (χ2v) is 7.92. The summed E-state index contributed by atoms with van der Waals surface area (Å²) in [4.78, 5) is 27.3. The Morgan fingerprint density at radius 2 is 2.00 bits per heavy atom. The molecule has 3 atom stereocenters. The maximum atomic E-state index is 12.8. The van der Waals surface area contributed by atoms with Crippen molar-refractivity contribution in [1.29, 1.82) is 0 Å². The summed E-state index contributed by atoms with van der Waals surface area (Å²) in [6, 6.07) is 8.67. The summed E-state index contributed by atoms with van der Waals surface area (Å²) in [5.74, 6) is -0.693. The van der Waals surface area contributed by atoms with Crippen molar-refractivity contribution >= 4 is 23.2 Å². The molecule has 1 aliphatic carbocycles. The number of benzene rings is 1. The van der Waals surface area contributed by atoms with Crippen LogP contribution in [0, 0.1) is 5.92 Å². The highest BCUT2D eigenvalue weighted by Gasteiger charge is 2.47. The monoisotopic (exact) mass is 410 g/mol. The molecule has 28 heavy (non-hydrogen) atoms. The number of nitrogens with one attached hydrogen (secondary N) is 1. The predicted molar refractivity (Wildman–Crippen MR) is 96.2 cm³/mol. The van der Waals surface area contributed by atoms with Crippen LogP contribution in [0.1, 0.15) is 32.9 Å². The molecule has 4 rings (SSSR count). The van der Waals surface area contributed by atoms with E-state index < -0.39 is 12.1 Å². The van der Waals surface area contributed by atoms with Crippen molar-refractivity contribution < 1.29 is 27.5 Å². The minimum atomic E-state index is -4.80. The summed E-state index contributed by atoms with van der Waals surface area (Å²) in [7, 11) is 0. The molecule has 2 heterocycles. The molecule has 2 fully saturated rings. The Morgan fingerprint density at radius 3 is 2.64 bits per heavy atom. The van der Waals surface area contributed by atoms with Gasteiger partial charge in [0.25, 0.3) is 11.8 Å². The van der Waals surface area contributed by atoms with Gasteiger partial charge in [-0.15, -0.1) is 24.5 Å². The topological polar surface area (TPSA) is 58.6 Å². The van der Waals surface area contributed by atoms with Crippen LogP contribution in [0.3, 0.4) is 0 Å². The van der Waals surface area contributed by atoms with E-state index in [1.807, 2.05) is 11.4 Å². The normalized spacial score (nSPS) is 23.7. The molecule has 1 saturated carbocycles. The maximum absolute atomic E-state index is 12.8. The van der Waals surface area contributed by atoms with Crippen molar-refractivity contribution in [1.82, 2.24) is 10.2 Å². The van der Waals surface area contributed by atoms with E-state index in [1.165, 1.54) is 23.5 Å². The van der Waals surface area contributed by atoms with Crippen LogP contribution in [0.25, 0.3) is 0 Å². The van der Waals surface area contributed by atoms with Crippen LogP contribution in [0.15, 0.2) is 41.8 Å². The van der Waals surface area contributed by atoms with E-state index >= 15 is 0 Å². The van der Waals surface area contributed by atoms with E-state index in [-0.39, 0.29) is 35.4 Å². The number of piperidine rings is 1. The molecular formula is C19H17F3N2O3S. The molecule has 1 aliphatic heterocycles. The minimum Gasteiger partial charge on any atom is -0.406 e. The zero-order valence-corrected chi connectivity index (χ0v) is 15.4. The molecule has 1 aromatic carbocycles. The smallest absolute Gasteiger partial charge is 0.406 e. The lowest BCUT2D eigenvalue weighted by Gasteiger charge is -2.32. The highest BCUT2D eigenvalue weighted by molar-refractivity contribution is 7.12. The molecule has 5 nitrogen and oxygen atoms in total. The molecule has 9 heteroatoms. The number of ether oxygens (including phenoxy) is 1. The number of amides is 2. The quantitative estimate of drug-likeness (QED) is 0.837. The number of fused-ring (bicyclic) bond motifs is 2. The molecule has 3 unspecified atom stereocenters. The predicted octanol–water partition coefficient (Wildman–Crippen LogP) is 3.68. The molecule has 148 valence electrons. The number of likely N-dealkylation sites (tertiary alicyclic amines) is 1. The Balaban J connectivity index is 1.39. The number of hydrogen-bond acceptors (Lipinski definition) is 4. The van der Waals surface area contributed by atoms with Crippen LogP contribution >= 0.6 is 11.3 Å².